The second-order valence-corrected chi connectivity index (χ2v) is 4.99. The molecular weight excluding hydrogens is 234 g/mol. The molecule has 0 bridgehead atoms. The Morgan fingerprint density at radius 1 is 1.22 bits per heavy atom. The molecule has 3 N–H and O–H groups in total. The topological polar surface area (TPSA) is 84.7 Å². The summed E-state index contributed by atoms with van der Waals surface area (Å²) in [5.74, 6) is 0.0608. The van der Waals surface area contributed by atoms with Crippen LogP contribution in [-0.2, 0) is 9.53 Å². The molecule has 3 amide bonds. The van der Waals surface area contributed by atoms with Gasteiger partial charge in [0.15, 0.2) is 0 Å². The van der Waals surface area contributed by atoms with Gasteiger partial charge in [-0.1, -0.05) is 0 Å². The van der Waals surface area contributed by atoms with Gasteiger partial charge >= 0.3 is 6.03 Å². The maximum absolute atomic E-state index is 12.2. The number of primary amides is 1. The van der Waals surface area contributed by atoms with Gasteiger partial charge in [0.2, 0.25) is 0 Å². The third-order valence-electron chi connectivity index (χ3n) is 3.53. The largest absolute Gasteiger partial charge is 0.368 e. The lowest BCUT2D eigenvalue weighted by molar-refractivity contribution is -0.147. The molecule has 0 aliphatic carbocycles. The van der Waals surface area contributed by atoms with E-state index in [9.17, 15) is 9.59 Å². The highest BCUT2D eigenvalue weighted by atomic mass is 16.5. The quantitative estimate of drug-likeness (QED) is 0.740. The molecule has 6 nitrogen and oxygen atoms in total. The number of nitrogens with two attached hydrogens (primary N) is 1. The molecule has 6 heteroatoms. The van der Waals surface area contributed by atoms with Crippen LogP contribution in [0.25, 0.3) is 0 Å². The minimum absolute atomic E-state index is 0.0243. The van der Waals surface area contributed by atoms with Crippen LogP contribution in [0, 0.1) is 0 Å². The first-order valence-electron chi connectivity index (χ1n) is 6.63. The molecular formula is C12H21N3O3. The van der Waals surface area contributed by atoms with E-state index in [1.807, 2.05) is 0 Å². The first-order chi connectivity index (χ1) is 8.66. The number of urea groups is 1. The minimum atomic E-state index is -0.525. The van der Waals surface area contributed by atoms with Gasteiger partial charge in [0, 0.05) is 25.7 Å². The molecule has 0 spiro atoms. The van der Waals surface area contributed by atoms with E-state index in [2.05, 4.69) is 5.32 Å². The molecule has 0 aromatic rings. The van der Waals surface area contributed by atoms with Gasteiger partial charge in [-0.15, -0.1) is 0 Å². The predicted molar refractivity (Wildman–Crippen MR) is 65.9 cm³/mol. The van der Waals surface area contributed by atoms with Gasteiger partial charge in [0.1, 0.15) is 6.10 Å². The molecule has 0 aromatic heterocycles. The number of likely N-dealkylation sites (tertiary alicyclic amines) is 1. The van der Waals surface area contributed by atoms with Crippen LogP contribution in [0.5, 0.6) is 0 Å². The molecule has 2 atom stereocenters. The fourth-order valence-corrected chi connectivity index (χ4v) is 2.64. The molecule has 0 saturated carbocycles. The number of amides is 3. The van der Waals surface area contributed by atoms with Crippen molar-refractivity contribution >= 4 is 11.9 Å². The second kappa shape index (κ2) is 6.04. The highest BCUT2D eigenvalue weighted by Gasteiger charge is 2.30. The van der Waals surface area contributed by atoms with Crippen molar-refractivity contribution in [3.05, 3.63) is 0 Å². The SMILES string of the molecule is NC(=O)N[C@@H]1CCCN(C(=O)C2CCCCO2)C1. The Bertz CT molecular complexity index is 316. The summed E-state index contributed by atoms with van der Waals surface area (Å²) in [7, 11) is 0. The summed E-state index contributed by atoms with van der Waals surface area (Å²) in [5.41, 5.74) is 5.11. The summed E-state index contributed by atoms with van der Waals surface area (Å²) in [4.78, 5) is 24.9. The van der Waals surface area contributed by atoms with Crippen molar-refractivity contribution in [2.24, 2.45) is 5.73 Å². The zero-order valence-corrected chi connectivity index (χ0v) is 10.6. The minimum Gasteiger partial charge on any atom is -0.368 e. The summed E-state index contributed by atoms with van der Waals surface area (Å²) in [6.07, 6.45) is 4.37. The summed E-state index contributed by atoms with van der Waals surface area (Å²) in [6.45, 7) is 1.96. The van der Waals surface area contributed by atoms with E-state index in [1.54, 1.807) is 4.90 Å². The van der Waals surface area contributed by atoms with Gasteiger partial charge in [-0.05, 0) is 32.1 Å². The van der Waals surface area contributed by atoms with Crippen LogP contribution in [0.4, 0.5) is 4.79 Å². The molecule has 2 rings (SSSR count). The van der Waals surface area contributed by atoms with Gasteiger partial charge in [0.25, 0.3) is 5.91 Å². The molecule has 1 unspecified atom stereocenters. The van der Waals surface area contributed by atoms with Crippen molar-refractivity contribution in [2.45, 2.75) is 44.2 Å². The molecule has 0 aromatic carbocycles. The number of rotatable bonds is 2. The predicted octanol–water partition coefficient (Wildman–Crippen LogP) is 0.215. The van der Waals surface area contributed by atoms with E-state index in [4.69, 9.17) is 10.5 Å². The zero-order chi connectivity index (χ0) is 13.0. The lowest BCUT2D eigenvalue weighted by Crippen LogP contribution is -2.53. The van der Waals surface area contributed by atoms with Crippen molar-refractivity contribution in [1.29, 1.82) is 0 Å². The summed E-state index contributed by atoms with van der Waals surface area (Å²) in [6, 6.07) is -0.549. The van der Waals surface area contributed by atoms with E-state index in [0.717, 1.165) is 38.6 Å². The van der Waals surface area contributed by atoms with Crippen LogP contribution < -0.4 is 11.1 Å². The summed E-state index contributed by atoms with van der Waals surface area (Å²) < 4.78 is 5.51. The van der Waals surface area contributed by atoms with Crippen LogP contribution in [0.15, 0.2) is 0 Å². The van der Waals surface area contributed by atoms with Gasteiger partial charge in [0.05, 0.1) is 0 Å². The Morgan fingerprint density at radius 2 is 2.06 bits per heavy atom. The maximum Gasteiger partial charge on any atom is 0.312 e. The molecule has 2 fully saturated rings. The number of hydrogen-bond donors (Lipinski definition) is 2. The number of carbonyl (C=O) groups excluding carboxylic acids is 2. The van der Waals surface area contributed by atoms with Crippen molar-refractivity contribution < 1.29 is 14.3 Å². The lowest BCUT2D eigenvalue weighted by atomic mass is 10.0. The number of nitrogens with one attached hydrogen (secondary N) is 1. The third-order valence-corrected chi connectivity index (χ3v) is 3.53. The Morgan fingerprint density at radius 3 is 2.72 bits per heavy atom. The maximum atomic E-state index is 12.2. The van der Waals surface area contributed by atoms with E-state index in [0.29, 0.717) is 13.2 Å². The molecule has 2 aliphatic heterocycles. The summed E-state index contributed by atoms with van der Waals surface area (Å²) >= 11 is 0. The fourth-order valence-electron chi connectivity index (χ4n) is 2.64. The van der Waals surface area contributed by atoms with Gasteiger partial charge in [-0.25, -0.2) is 4.79 Å². The Labute approximate surface area is 107 Å². The second-order valence-electron chi connectivity index (χ2n) is 4.99. The number of ether oxygens (including phenoxy) is 1. The Balaban J connectivity index is 1.87. The van der Waals surface area contributed by atoms with Crippen molar-refractivity contribution in [1.82, 2.24) is 10.2 Å². The van der Waals surface area contributed by atoms with Crippen LogP contribution in [0.3, 0.4) is 0 Å². The highest BCUT2D eigenvalue weighted by molar-refractivity contribution is 5.81. The molecule has 0 radical (unpaired) electrons. The van der Waals surface area contributed by atoms with E-state index >= 15 is 0 Å². The van der Waals surface area contributed by atoms with E-state index < -0.39 is 6.03 Å². The first kappa shape index (κ1) is 13.1. The number of hydrogen-bond acceptors (Lipinski definition) is 3. The fraction of sp³-hybridized carbons (Fsp3) is 0.833. The number of nitrogens with zero attached hydrogens (tertiary/aromatic N) is 1. The smallest absolute Gasteiger partial charge is 0.312 e. The van der Waals surface area contributed by atoms with Gasteiger partial charge in [-0.2, -0.15) is 0 Å². The summed E-state index contributed by atoms with van der Waals surface area (Å²) in [5, 5.41) is 2.67. The lowest BCUT2D eigenvalue weighted by Gasteiger charge is -2.35. The average Bonchev–Trinajstić information content (AvgIpc) is 2.38. The Kier molecular flexibility index (Phi) is 4.41. The van der Waals surface area contributed by atoms with E-state index in [1.165, 1.54) is 0 Å². The molecule has 2 heterocycles. The highest BCUT2D eigenvalue weighted by Crippen LogP contribution is 2.18. The number of carbonyl (C=O) groups is 2. The Hall–Kier alpha value is -1.30. The van der Waals surface area contributed by atoms with Crippen LogP contribution in [0.2, 0.25) is 0 Å². The molecule has 18 heavy (non-hydrogen) atoms. The number of piperidine rings is 1. The normalized spacial score (nSPS) is 28.8. The van der Waals surface area contributed by atoms with Crippen molar-refractivity contribution in [2.75, 3.05) is 19.7 Å². The zero-order valence-electron chi connectivity index (χ0n) is 10.6. The van der Waals surface area contributed by atoms with Crippen molar-refractivity contribution in [3.8, 4) is 0 Å². The van der Waals surface area contributed by atoms with Crippen LogP contribution >= 0.6 is 0 Å². The monoisotopic (exact) mass is 255 g/mol. The standard InChI is InChI=1S/C12H21N3O3/c13-12(17)14-9-4-3-6-15(8-9)11(16)10-5-1-2-7-18-10/h9-10H,1-8H2,(H3,13,14,17)/t9-,10?/m1/s1. The molecule has 102 valence electrons. The van der Waals surface area contributed by atoms with Gasteiger partial charge < -0.3 is 20.7 Å². The van der Waals surface area contributed by atoms with Gasteiger partial charge in [-0.3, -0.25) is 4.79 Å². The average molecular weight is 255 g/mol. The third kappa shape index (κ3) is 3.35. The van der Waals surface area contributed by atoms with Crippen LogP contribution in [0.1, 0.15) is 32.1 Å². The van der Waals surface area contributed by atoms with E-state index in [-0.39, 0.29) is 18.1 Å². The van der Waals surface area contributed by atoms with Crippen LogP contribution in [-0.4, -0.2) is 48.7 Å². The van der Waals surface area contributed by atoms with Crippen molar-refractivity contribution in [3.63, 3.8) is 0 Å². The molecule has 2 saturated heterocycles. The molecule has 2 aliphatic rings. The first-order valence-corrected chi connectivity index (χ1v) is 6.63.